The molecule has 108 valence electrons. The molecule has 0 spiro atoms. The summed E-state index contributed by atoms with van der Waals surface area (Å²) >= 11 is 0. The van der Waals surface area contributed by atoms with Gasteiger partial charge in [-0.3, -0.25) is 19.2 Å². The zero-order valence-corrected chi connectivity index (χ0v) is 11.9. The molecule has 0 aliphatic carbocycles. The number of benzene rings is 1. The van der Waals surface area contributed by atoms with Crippen molar-refractivity contribution < 1.29 is 0 Å². The number of rotatable bonds is 2. The Balaban J connectivity index is 1.99. The average molecular weight is 291 g/mol. The predicted molar refractivity (Wildman–Crippen MR) is 83.9 cm³/mol. The molecule has 1 aromatic carbocycles. The molecule has 4 aromatic rings. The van der Waals surface area contributed by atoms with Crippen molar-refractivity contribution in [2.24, 2.45) is 7.05 Å². The molecule has 0 unspecified atom stereocenters. The lowest BCUT2D eigenvalue weighted by atomic mass is 10.2. The minimum atomic E-state index is -0.0782. The highest BCUT2D eigenvalue weighted by molar-refractivity contribution is 5.78. The van der Waals surface area contributed by atoms with Crippen LogP contribution in [-0.4, -0.2) is 24.3 Å². The Morgan fingerprint density at radius 2 is 1.95 bits per heavy atom. The van der Waals surface area contributed by atoms with Crippen LogP contribution in [0.3, 0.4) is 0 Å². The third-order valence-electron chi connectivity index (χ3n) is 3.76. The third-order valence-corrected chi connectivity index (χ3v) is 3.76. The second kappa shape index (κ2) is 4.70. The van der Waals surface area contributed by atoms with Crippen LogP contribution in [0.5, 0.6) is 0 Å². The van der Waals surface area contributed by atoms with E-state index in [2.05, 4.69) is 15.2 Å². The molecule has 0 saturated heterocycles. The Kier molecular flexibility index (Phi) is 2.69. The number of aromatic nitrogens is 5. The highest BCUT2D eigenvalue weighted by atomic mass is 16.1. The van der Waals surface area contributed by atoms with Crippen molar-refractivity contribution in [1.29, 1.82) is 0 Å². The smallest absolute Gasteiger partial charge is 0.295 e. The zero-order chi connectivity index (χ0) is 15.1. The fourth-order valence-electron chi connectivity index (χ4n) is 2.65. The number of imidazole rings is 1. The number of pyridine rings is 1. The monoisotopic (exact) mass is 291 g/mol. The Morgan fingerprint density at radius 3 is 2.73 bits per heavy atom. The summed E-state index contributed by atoms with van der Waals surface area (Å²) in [7, 11) is 1.78. The predicted octanol–water partition coefficient (Wildman–Crippen LogP) is 2.11. The third kappa shape index (κ3) is 1.77. The maximum atomic E-state index is 12.6. The lowest BCUT2D eigenvalue weighted by Gasteiger charge is -2.04. The molecule has 6 heteroatoms. The summed E-state index contributed by atoms with van der Waals surface area (Å²) in [6.45, 7) is 0. The van der Waals surface area contributed by atoms with E-state index in [0.29, 0.717) is 0 Å². The van der Waals surface area contributed by atoms with Crippen molar-refractivity contribution in [3.63, 3.8) is 0 Å². The van der Waals surface area contributed by atoms with Crippen molar-refractivity contribution in [3.8, 4) is 16.9 Å². The number of fused-ring (bicyclic) bond motifs is 1. The first-order valence-electron chi connectivity index (χ1n) is 6.88. The van der Waals surface area contributed by atoms with Gasteiger partial charge in [0.15, 0.2) is 0 Å². The van der Waals surface area contributed by atoms with Gasteiger partial charge >= 0.3 is 5.69 Å². The summed E-state index contributed by atoms with van der Waals surface area (Å²) in [6.07, 6.45) is 5.18. The maximum Gasteiger partial charge on any atom is 0.333 e. The second-order valence-corrected chi connectivity index (χ2v) is 5.05. The highest BCUT2D eigenvalue weighted by Crippen LogP contribution is 2.21. The molecule has 3 heterocycles. The first-order valence-corrected chi connectivity index (χ1v) is 6.88. The molecular weight excluding hydrogens is 278 g/mol. The number of aryl methyl sites for hydroxylation is 1. The standard InChI is InChI=1S/C16H13N5O/c1-20-14-4-2-3-5-15(14)21(16(20)22)12-6-7-17-13(8-12)11-9-18-19-10-11/h2-10H,1H3,(H,18,19). The number of nitrogens with one attached hydrogen (secondary N) is 1. The Morgan fingerprint density at radius 1 is 1.14 bits per heavy atom. The summed E-state index contributed by atoms with van der Waals surface area (Å²) in [5.41, 5.74) is 4.13. The van der Waals surface area contributed by atoms with Crippen molar-refractivity contribution in [2.45, 2.75) is 0 Å². The van der Waals surface area contributed by atoms with Crippen LogP contribution in [0, 0.1) is 0 Å². The van der Waals surface area contributed by atoms with Crippen LogP contribution in [-0.2, 0) is 7.05 Å². The molecule has 0 aliphatic rings. The van der Waals surface area contributed by atoms with E-state index in [9.17, 15) is 4.79 Å². The van der Waals surface area contributed by atoms with Crippen molar-refractivity contribution in [3.05, 3.63) is 65.5 Å². The number of para-hydroxylation sites is 2. The molecule has 0 atom stereocenters. The number of hydrogen-bond donors (Lipinski definition) is 1. The fourth-order valence-corrected chi connectivity index (χ4v) is 2.65. The molecule has 0 radical (unpaired) electrons. The van der Waals surface area contributed by atoms with Crippen LogP contribution in [0.2, 0.25) is 0 Å². The normalized spacial score (nSPS) is 11.1. The Labute approximate surface area is 125 Å². The Hall–Kier alpha value is -3.15. The minimum Gasteiger partial charge on any atom is -0.295 e. The van der Waals surface area contributed by atoms with Crippen LogP contribution < -0.4 is 5.69 Å². The van der Waals surface area contributed by atoms with Gasteiger partial charge in [0.2, 0.25) is 0 Å². The average Bonchev–Trinajstić information content (AvgIpc) is 3.17. The van der Waals surface area contributed by atoms with Gasteiger partial charge in [0.1, 0.15) is 0 Å². The van der Waals surface area contributed by atoms with E-state index >= 15 is 0 Å². The van der Waals surface area contributed by atoms with Crippen LogP contribution in [0.1, 0.15) is 0 Å². The summed E-state index contributed by atoms with van der Waals surface area (Å²) < 4.78 is 3.34. The molecule has 6 nitrogen and oxygen atoms in total. The lowest BCUT2D eigenvalue weighted by molar-refractivity contribution is 0.846. The molecule has 1 N–H and O–H groups in total. The van der Waals surface area contributed by atoms with Gasteiger partial charge in [-0.15, -0.1) is 0 Å². The summed E-state index contributed by atoms with van der Waals surface area (Å²) in [5.74, 6) is 0. The molecule has 22 heavy (non-hydrogen) atoms. The lowest BCUT2D eigenvalue weighted by Crippen LogP contribution is -2.20. The molecule has 0 aliphatic heterocycles. The quantitative estimate of drug-likeness (QED) is 0.615. The van der Waals surface area contributed by atoms with Crippen molar-refractivity contribution >= 4 is 11.0 Å². The van der Waals surface area contributed by atoms with Gasteiger partial charge < -0.3 is 0 Å². The molecule has 0 fully saturated rings. The van der Waals surface area contributed by atoms with Crippen LogP contribution in [0.25, 0.3) is 28.0 Å². The van der Waals surface area contributed by atoms with Gasteiger partial charge in [0.05, 0.1) is 28.6 Å². The van der Waals surface area contributed by atoms with Crippen LogP contribution in [0.4, 0.5) is 0 Å². The molecule has 4 rings (SSSR count). The molecule has 0 bridgehead atoms. The summed E-state index contributed by atoms with van der Waals surface area (Å²) in [4.78, 5) is 16.9. The summed E-state index contributed by atoms with van der Waals surface area (Å²) in [5, 5.41) is 6.70. The van der Waals surface area contributed by atoms with E-state index < -0.39 is 0 Å². The largest absolute Gasteiger partial charge is 0.333 e. The SMILES string of the molecule is Cn1c(=O)n(-c2ccnc(-c3cn[nH]c3)c2)c2ccccc21. The fraction of sp³-hybridized carbons (Fsp3) is 0.0625. The first-order chi connectivity index (χ1) is 10.8. The maximum absolute atomic E-state index is 12.6. The van der Waals surface area contributed by atoms with Gasteiger partial charge in [-0.25, -0.2) is 4.79 Å². The molecule has 0 saturated carbocycles. The van der Waals surface area contributed by atoms with E-state index in [1.807, 2.05) is 36.4 Å². The number of aromatic amines is 1. The van der Waals surface area contributed by atoms with E-state index in [0.717, 1.165) is 28.0 Å². The van der Waals surface area contributed by atoms with Gasteiger partial charge in [0, 0.05) is 25.0 Å². The highest BCUT2D eigenvalue weighted by Gasteiger charge is 2.12. The summed E-state index contributed by atoms with van der Waals surface area (Å²) in [6, 6.07) is 11.4. The number of H-pyrrole nitrogens is 1. The van der Waals surface area contributed by atoms with Crippen molar-refractivity contribution in [2.75, 3.05) is 0 Å². The topological polar surface area (TPSA) is 68.5 Å². The number of hydrogen-bond acceptors (Lipinski definition) is 3. The van der Waals surface area contributed by atoms with E-state index in [1.54, 1.807) is 34.8 Å². The zero-order valence-electron chi connectivity index (χ0n) is 11.9. The van der Waals surface area contributed by atoms with E-state index in [-0.39, 0.29) is 5.69 Å². The first kappa shape index (κ1) is 12.6. The van der Waals surface area contributed by atoms with Gasteiger partial charge in [-0.1, -0.05) is 12.1 Å². The molecule has 0 amide bonds. The van der Waals surface area contributed by atoms with Crippen LogP contribution >= 0.6 is 0 Å². The van der Waals surface area contributed by atoms with Gasteiger partial charge in [-0.2, -0.15) is 5.10 Å². The molecular formula is C16H13N5O. The van der Waals surface area contributed by atoms with Gasteiger partial charge in [-0.05, 0) is 24.3 Å². The minimum absolute atomic E-state index is 0.0782. The van der Waals surface area contributed by atoms with Gasteiger partial charge in [0.25, 0.3) is 0 Å². The second-order valence-electron chi connectivity index (χ2n) is 5.05. The van der Waals surface area contributed by atoms with Crippen molar-refractivity contribution in [1.82, 2.24) is 24.3 Å². The van der Waals surface area contributed by atoms with E-state index in [1.165, 1.54) is 0 Å². The Bertz CT molecular complexity index is 1010. The van der Waals surface area contributed by atoms with Crippen LogP contribution in [0.15, 0.2) is 59.8 Å². The number of nitrogens with zero attached hydrogens (tertiary/aromatic N) is 4. The molecule has 3 aromatic heterocycles. The van der Waals surface area contributed by atoms with E-state index in [4.69, 9.17) is 0 Å².